The first-order chi connectivity index (χ1) is 32.5. The van der Waals surface area contributed by atoms with E-state index in [0.29, 0.717) is 0 Å². The summed E-state index contributed by atoms with van der Waals surface area (Å²) in [5.41, 5.74) is 18.7. The quantitative estimate of drug-likeness (QED) is 0.122. The highest BCUT2D eigenvalue weighted by Gasteiger charge is 2.17. The lowest BCUT2D eigenvalue weighted by Gasteiger charge is -2.18. The predicted octanol–water partition coefficient (Wildman–Crippen LogP) is 14.9. The largest absolute Gasteiger partial charge is 0.497 e. The summed E-state index contributed by atoms with van der Waals surface area (Å²) < 4.78 is 16.2. The molecule has 0 aliphatic carbocycles. The monoisotopic (exact) mass is 855 g/mol. The fourth-order valence-electron chi connectivity index (χ4n) is 8.51. The van der Waals surface area contributed by atoms with Gasteiger partial charge in [-0.3, -0.25) is 15.0 Å². The summed E-state index contributed by atoms with van der Waals surface area (Å²) in [7, 11) is 5.03. The van der Waals surface area contributed by atoms with Crippen LogP contribution in [0.2, 0.25) is 0 Å². The number of methoxy groups -OCH3 is 3. The van der Waals surface area contributed by atoms with Gasteiger partial charge in [0.05, 0.1) is 38.4 Å². The minimum Gasteiger partial charge on any atom is -0.497 e. The van der Waals surface area contributed by atoms with Gasteiger partial charge >= 0.3 is 0 Å². The average Bonchev–Trinajstić information content (AvgIpc) is 3.41. The van der Waals surface area contributed by atoms with Crippen LogP contribution in [0.3, 0.4) is 0 Å². The molecule has 0 saturated carbocycles. The Hall–Kier alpha value is -8.61. The molecule has 6 nitrogen and oxygen atoms in total. The molecule has 0 N–H and O–H groups in total. The Bertz CT molecular complexity index is 2890. The summed E-state index contributed by atoms with van der Waals surface area (Å²) in [6.07, 6.45) is 5.91. The Kier molecular flexibility index (Phi) is 11.7. The van der Waals surface area contributed by atoms with Crippen LogP contribution in [0.4, 0.5) is 0 Å². The highest BCUT2D eigenvalue weighted by molar-refractivity contribution is 5.94. The average molecular weight is 856 g/mol. The maximum absolute atomic E-state index is 5.39. The number of hydrogen-bond donors (Lipinski definition) is 0. The number of hydrogen-bond acceptors (Lipinski definition) is 6. The first kappa shape index (κ1) is 41.4. The van der Waals surface area contributed by atoms with Gasteiger partial charge in [0.2, 0.25) is 0 Å². The molecule has 318 valence electrons. The molecule has 3 heterocycles. The van der Waals surface area contributed by atoms with Crippen molar-refractivity contribution in [3.63, 3.8) is 0 Å². The molecule has 0 amide bonds. The molecule has 6 heteroatoms. The zero-order valence-electron chi connectivity index (χ0n) is 36.9. The molecule has 7 aromatic carbocycles. The third-order valence-corrected chi connectivity index (χ3v) is 12.0. The zero-order chi connectivity index (χ0) is 44.8. The van der Waals surface area contributed by atoms with E-state index in [1.54, 1.807) is 21.3 Å². The maximum atomic E-state index is 5.39. The zero-order valence-corrected chi connectivity index (χ0v) is 36.9. The highest BCUT2D eigenvalue weighted by Crippen LogP contribution is 2.42. The van der Waals surface area contributed by atoms with Crippen LogP contribution < -0.4 is 14.2 Å². The van der Waals surface area contributed by atoms with E-state index in [-0.39, 0.29) is 0 Å². The number of rotatable bonds is 12. The van der Waals surface area contributed by atoms with Gasteiger partial charge in [0.15, 0.2) is 0 Å². The predicted molar refractivity (Wildman–Crippen MR) is 268 cm³/mol. The summed E-state index contributed by atoms with van der Waals surface area (Å²) in [4.78, 5) is 14.8. The molecule has 10 rings (SSSR count). The van der Waals surface area contributed by atoms with Crippen molar-refractivity contribution in [2.45, 2.75) is 0 Å². The summed E-state index contributed by atoms with van der Waals surface area (Å²) in [5, 5.41) is 0. The lowest BCUT2D eigenvalue weighted by molar-refractivity contribution is 0.415. The van der Waals surface area contributed by atoms with Crippen LogP contribution in [0.5, 0.6) is 17.2 Å². The normalized spacial score (nSPS) is 11.0. The van der Waals surface area contributed by atoms with Crippen molar-refractivity contribution in [1.82, 2.24) is 15.0 Å². The van der Waals surface area contributed by atoms with Crippen molar-refractivity contribution in [3.05, 3.63) is 219 Å². The summed E-state index contributed by atoms with van der Waals surface area (Å²) in [6, 6.07) is 69.4. The second-order valence-electron chi connectivity index (χ2n) is 15.9. The van der Waals surface area contributed by atoms with Crippen molar-refractivity contribution < 1.29 is 14.2 Å². The van der Waals surface area contributed by atoms with Crippen LogP contribution >= 0.6 is 0 Å². The number of pyridine rings is 3. The van der Waals surface area contributed by atoms with E-state index in [1.807, 2.05) is 91.4 Å². The Morgan fingerprint density at radius 3 is 0.682 bits per heavy atom. The van der Waals surface area contributed by atoms with Gasteiger partial charge in [0.1, 0.15) is 17.2 Å². The molecule has 3 aromatic heterocycles. The maximum Gasteiger partial charge on any atom is 0.118 e. The van der Waals surface area contributed by atoms with Gasteiger partial charge in [-0.2, -0.15) is 0 Å². The van der Waals surface area contributed by atoms with Crippen molar-refractivity contribution in [2.24, 2.45) is 0 Å². The molecule has 10 aromatic rings. The molecule has 0 radical (unpaired) electrons. The van der Waals surface area contributed by atoms with Crippen LogP contribution in [0.15, 0.2) is 219 Å². The van der Waals surface area contributed by atoms with E-state index in [1.165, 1.54) is 0 Å². The van der Waals surface area contributed by atoms with Crippen molar-refractivity contribution in [2.75, 3.05) is 21.3 Å². The first-order valence-electron chi connectivity index (χ1n) is 21.8. The molecule has 0 aliphatic rings. The Labute approximate surface area is 385 Å². The second-order valence-corrected chi connectivity index (χ2v) is 15.9. The minimum atomic E-state index is 0.815. The van der Waals surface area contributed by atoms with Crippen LogP contribution in [-0.2, 0) is 0 Å². The number of benzene rings is 7. The first-order valence-corrected chi connectivity index (χ1v) is 21.8. The third kappa shape index (κ3) is 8.56. The summed E-state index contributed by atoms with van der Waals surface area (Å²) in [5.74, 6) is 2.44. The van der Waals surface area contributed by atoms with E-state index < -0.39 is 0 Å². The standard InChI is InChI=1S/C60H45N3O3/c1-64-49-25-16-40(17-26-49)58-31-22-43(37-61-58)52-10-4-7-13-55(52)46-34-47(56-14-8-5-11-53(56)44-23-32-59(62-38-44)41-18-27-50(65-2)28-19-41)36-48(35-46)57-15-9-6-12-54(57)45-24-33-60(63-39-45)42-20-29-51(66-3)30-21-42/h4-39H,1-3H3. The summed E-state index contributed by atoms with van der Waals surface area (Å²) >= 11 is 0. The minimum absolute atomic E-state index is 0.815. The second kappa shape index (κ2) is 18.6. The van der Waals surface area contributed by atoms with E-state index in [2.05, 4.69) is 127 Å². The molecule has 0 atom stereocenters. The lowest BCUT2D eigenvalue weighted by Crippen LogP contribution is -1.93. The number of ether oxygens (including phenoxy) is 3. The van der Waals surface area contributed by atoms with Gasteiger partial charge in [-0.05, 0) is 159 Å². The smallest absolute Gasteiger partial charge is 0.118 e. The topological polar surface area (TPSA) is 66.4 Å². The fraction of sp³-hybridized carbons (Fsp3) is 0.0500. The molecular weight excluding hydrogens is 811 g/mol. The molecule has 0 saturated heterocycles. The van der Waals surface area contributed by atoms with Crippen molar-refractivity contribution >= 4 is 0 Å². The van der Waals surface area contributed by atoms with Crippen LogP contribution in [0.25, 0.3) is 101 Å². The molecule has 0 bridgehead atoms. The third-order valence-electron chi connectivity index (χ3n) is 12.0. The van der Waals surface area contributed by atoms with Crippen LogP contribution in [0.1, 0.15) is 0 Å². The molecule has 66 heavy (non-hydrogen) atoms. The van der Waals surface area contributed by atoms with Gasteiger partial charge in [-0.1, -0.05) is 91.0 Å². The van der Waals surface area contributed by atoms with Gasteiger partial charge in [0.25, 0.3) is 0 Å². The van der Waals surface area contributed by atoms with Gasteiger partial charge in [-0.25, -0.2) is 0 Å². The fourth-order valence-corrected chi connectivity index (χ4v) is 8.51. The lowest BCUT2D eigenvalue weighted by atomic mass is 9.86. The van der Waals surface area contributed by atoms with Gasteiger partial charge in [-0.15, -0.1) is 0 Å². The van der Waals surface area contributed by atoms with Crippen LogP contribution in [0, 0.1) is 0 Å². The van der Waals surface area contributed by atoms with Crippen molar-refractivity contribution in [3.8, 4) is 118 Å². The molecule has 0 aliphatic heterocycles. The van der Waals surface area contributed by atoms with Gasteiger partial charge < -0.3 is 14.2 Å². The SMILES string of the molecule is COc1ccc(-c2ccc(-c3ccccc3-c3cc(-c4ccccc4-c4ccc(-c5ccc(OC)cc5)nc4)cc(-c4ccccc4-c4ccc(-c5ccc(OC)cc5)nc4)c3)cn2)cc1. The van der Waals surface area contributed by atoms with E-state index in [0.717, 1.165) is 118 Å². The molecule has 0 fully saturated rings. The summed E-state index contributed by atoms with van der Waals surface area (Å²) in [6.45, 7) is 0. The van der Waals surface area contributed by atoms with Gasteiger partial charge in [0, 0.05) is 52.0 Å². The number of aromatic nitrogens is 3. The Morgan fingerprint density at radius 2 is 0.470 bits per heavy atom. The molecular formula is C60H45N3O3. The van der Waals surface area contributed by atoms with E-state index >= 15 is 0 Å². The highest BCUT2D eigenvalue weighted by atomic mass is 16.5. The molecule has 0 unspecified atom stereocenters. The van der Waals surface area contributed by atoms with E-state index in [9.17, 15) is 0 Å². The number of nitrogens with zero attached hydrogens (tertiary/aromatic N) is 3. The van der Waals surface area contributed by atoms with E-state index in [4.69, 9.17) is 29.2 Å². The van der Waals surface area contributed by atoms with Crippen LogP contribution in [-0.4, -0.2) is 36.3 Å². The Balaban J connectivity index is 1.09. The van der Waals surface area contributed by atoms with Crippen molar-refractivity contribution in [1.29, 1.82) is 0 Å². The molecule has 0 spiro atoms. The Morgan fingerprint density at radius 1 is 0.242 bits per heavy atom.